The molecule has 7 heteroatoms. The first-order valence-corrected chi connectivity index (χ1v) is 13.0. The number of hydrogen-bond acceptors (Lipinski definition) is 5. The maximum Gasteiger partial charge on any atom is 0.358 e. The summed E-state index contributed by atoms with van der Waals surface area (Å²) >= 11 is 6.31. The van der Waals surface area contributed by atoms with Crippen LogP contribution in [-0.2, 0) is 0 Å². The van der Waals surface area contributed by atoms with Crippen LogP contribution in [0.1, 0.15) is 57.8 Å². The van der Waals surface area contributed by atoms with Gasteiger partial charge in [-0.25, -0.2) is 4.79 Å². The summed E-state index contributed by atoms with van der Waals surface area (Å²) in [5, 5.41) is 0.644. The van der Waals surface area contributed by atoms with Gasteiger partial charge in [0.15, 0.2) is 0 Å². The van der Waals surface area contributed by atoms with Crippen LogP contribution in [0, 0.1) is 6.92 Å². The molecule has 1 aromatic heterocycles. The van der Waals surface area contributed by atoms with Gasteiger partial charge >= 0.3 is 14.1 Å². The highest BCUT2D eigenvalue weighted by atomic mass is 35.5. The van der Waals surface area contributed by atoms with Crippen molar-refractivity contribution in [3.63, 3.8) is 0 Å². The molecule has 0 saturated carbocycles. The summed E-state index contributed by atoms with van der Waals surface area (Å²) in [6, 6.07) is 9.30. The van der Waals surface area contributed by atoms with Gasteiger partial charge in [0, 0.05) is 11.1 Å². The minimum Gasteiger partial charge on any atom is -0.524 e. The molecule has 2 aromatic rings. The minimum atomic E-state index is -2.50. The highest BCUT2D eigenvalue weighted by Gasteiger charge is 2.39. The lowest BCUT2D eigenvalue weighted by atomic mass is 10.1. The molecule has 0 fully saturated rings. The van der Waals surface area contributed by atoms with Gasteiger partial charge in [-0.3, -0.25) is 4.99 Å². The molecule has 0 atom stereocenters. The van der Waals surface area contributed by atoms with E-state index in [1.165, 1.54) is 0 Å². The van der Waals surface area contributed by atoms with E-state index in [1.807, 2.05) is 31.2 Å². The Balaban J connectivity index is 2.25. The molecule has 1 aromatic carbocycles. The van der Waals surface area contributed by atoms with Crippen molar-refractivity contribution in [2.24, 2.45) is 4.99 Å². The van der Waals surface area contributed by atoms with Gasteiger partial charge in [-0.15, -0.1) is 0 Å². The molecule has 1 aliphatic rings. The normalized spacial score (nSPS) is 15.0. The van der Waals surface area contributed by atoms with E-state index < -0.39 is 14.1 Å². The quantitative estimate of drug-likeness (QED) is 0.523. The second-order valence-electron chi connectivity index (χ2n) is 7.67. The van der Waals surface area contributed by atoms with E-state index in [0.717, 1.165) is 49.1 Å². The fraction of sp³-hybridized carbons (Fsp3) is 0.455. The minimum absolute atomic E-state index is 0.407. The Labute approximate surface area is 178 Å². The average molecular weight is 433 g/mol. The summed E-state index contributed by atoms with van der Waals surface area (Å²) in [6.07, 6.45) is 4.25. The number of aryl methyl sites for hydroxylation is 1. The molecule has 2 heterocycles. The summed E-state index contributed by atoms with van der Waals surface area (Å²) in [5.74, 6) is 1.11. The highest BCUT2D eigenvalue weighted by molar-refractivity contribution is 6.77. The second-order valence-corrected chi connectivity index (χ2v) is 11.6. The van der Waals surface area contributed by atoms with Crippen LogP contribution < -0.4 is 15.0 Å². The van der Waals surface area contributed by atoms with Crippen molar-refractivity contribution in [3.05, 3.63) is 51.0 Å². The van der Waals surface area contributed by atoms with Crippen molar-refractivity contribution in [3.8, 4) is 5.75 Å². The van der Waals surface area contributed by atoms with Crippen molar-refractivity contribution < 1.29 is 8.84 Å². The van der Waals surface area contributed by atoms with Crippen LogP contribution in [-0.4, -0.2) is 14.2 Å². The SMILES string of the molecule is CCCC[Si]1(CCCC)Nc2cc(Cl)ccc2N=C(C)c2c(cc(C)oc2=O)O1. The second kappa shape index (κ2) is 9.18. The zero-order valence-electron chi connectivity index (χ0n) is 17.6. The lowest BCUT2D eigenvalue weighted by Gasteiger charge is -2.34. The predicted octanol–water partition coefficient (Wildman–Crippen LogP) is 6.59. The van der Waals surface area contributed by atoms with E-state index >= 15 is 0 Å². The zero-order chi connectivity index (χ0) is 21.0. The van der Waals surface area contributed by atoms with Gasteiger partial charge in [0.25, 0.3) is 0 Å². The monoisotopic (exact) mass is 432 g/mol. The number of hydrogen-bond donors (Lipinski definition) is 1. The van der Waals surface area contributed by atoms with Crippen LogP contribution in [0.25, 0.3) is 0 Å². The van der Waals surface area contributed by atoms with Crippen LogP contribution in [0.4, 0.5) is 11.4 Å². The summed E-state index contributed by atoms with van der Waals surface area (Å²) in [6.45, 7) is 7.95. The van der Waals surface area contributed by atoms with E-state index in [9.17, 15) is 4.79 Å². The Morgan fingerprint density at radius 2 is 1.79 bits per heavy atom. The number of nitrogens with zero attached hydrogens (tertiary/aromatic N) is 1. The maximum atomic E-state index is 12.7. The zero-order valence-corrected chi connectivity index (χ0v) is 19.4. The topological polar surface area (TPSA) is 63.8 Å². The fourth-order valence-electron chi connectivity index (χ4n) is 3.69. The van der Waals surface area contributed by atoms with Crippen molar-refractivity contribution >= 4 is 37.2 Å². The molecular weight excluding hydrogens is 404 g/mol. The third-order valence-electron chi connectivity index (χ3n) is 5.18. The number of benzene rings is 1. The molecule has 0 aliphatic carbocycles. The molecule has 0 amide bonds. The van der Waals surface area contributed by atoms with Gasteiger partial charge in [-0.1, -0.05) is 51.1 Å². The Kier molecular flexibility index (Phi) is 6.85. The largest absolute Gasteiger partial charge is 0.524 e. The van der Waals surface area contributed by atoms with E-state index in [0.29, 0.717) is 27.8 Å². The summed E-state index contributed by atoms with van der Waals surface area (Å²) in [4.78, 5) is 21.2. The molecular formula is C22H29ClN2O3Si. The first-order valence-electron chi connectivity index (χ1n) is 10.3. The molecule has 156 valence electrons. The Morgan fingerprint density at radius 3 is 2.45 bits per heavy atom. The van der Waals surface area contributed by atoms with Crippen LogP contribution in [0.15, 0.2) is 38.5 Å². The highest BCUT2D eigenvalue weighted by Crippen LogP contribution is 2.37. The molecule has 3 rings (SSSR count). The van der Waals surface area contributed by atoms with Crippen molar-refractivity contribution in [2.45, 2.75) is 65.5 Å². The predicted molar refractivity (Wildman–Crippen MR) is 122 cm³/mol. The van der Waals surface area contributed by atoms with Crippen LogP contribution in [0.3, 0.4) is 0 Å². The number of anilines is 1. The maximum absolute atomic E-state index is 12.7. The number of aliphatic imine (C=N–C) groups is 1. The smallest absolute Gasteiger partial charge is 0.358 e. The number of unbranched alkanes of at least 4 members (excludes halogenated alkanes) is 2. The van der Waals surface area contributed by atoms with Crippen molar-refractivity contribution in [2.75, 3.05) is 4.98 Å². The first-order chi connectivity index (χ1) is 13.9. The van der Waals surface area contributed by atoms with Crippen molar-refractivity contribution in [1.82, 2.24) is 0 Å². The third kappa shape index (κ3) is 4.93. The Morgan fingerprint density at radius 1 is 1.10 bits per heavy atom. The van der Waals surface area contributed by atoms with Gasteiger partial charge in [0.1, 0.15) is 17.1 Å². The number of nitrogens with one attached hydrogen (secondary N) is 1. The van der Waals surface area contributed by atoms with Crippen LogP contribution >= 0.6 is 11.6 Å². The molecule has 0 unspecified atom stereocenters. The van der Waals surface area contributed by atoms with E-state index in [4.69, 9.17) is 25.4 Å². The van der Waals surface area contributed by atoms with Crippen LogP contribution in [0.5, 0.6) is 5.75 Å². The molecule has 5 nitrogen and oxygen atoms in total. The molecule has 0 saturated heterocycles. The molecule has 1 N–H and O–H groups in total. The molecule has 29 heavy (non-hydrogen) atoms. The van der Waals surface area contributed by atoms with Gasteiger partial charge < -0.3 is 13.8 Å². The third-order valence-corrected chi connectivity index (χ3v) is 9.08. The van der Waals surface area contributed by atoms with Crippen molar-refractivity contribution in [1.29, 1.82) is 0 Å². The Bertz CT molecular complexity index is 963. The molecule has 0 bridgehead atoms. The van der Waals surface area contributed by atoms with Gasteiger partial charge in [-0.05, 0) is 44.1 Å². The molecule has 0 spiro atoms. The summed E-state index contributed by atoms with van der Waals surface area (Å²) < 4.78 is 12.2. The number of rotatable bonds is 6. The number of fused-ring (bicyclic) bond motifs is 2. The first kappa shape index (κ1) is 21.7. The van der Waals surface area contributed by atoms with E-state index in [2.05, 4.69) is 18.8 Å². The van der Waals surface area contributed by atoms with Gasteiger partial charge in [-0.2, -0.15) is 0 Å². The average Bonchev–Trinajstić information content (AvgIpc) is 2.70. The molecule has 0 radical (unpaired) electrons. The lowest BCUT2D eigenvalue weighted by Crippen LogP contribution is -2.50. The fourth-order valence-corrected chi connectivity index (χ4v) is 7.74. The van der Waals surface area contributed by atoms with Crippen LogP contribution in [0.2, 0.25) is 17.1 Å². The Hall–Kier alpha value is -2.05. The van der Waals surface area contributed by atoms with E-state index in [1.54, 1.807) is 6.92 Å². The van der Waals surface area contributed by atoms with Gasteiger partial charge in [0.2, 0.25) is 0 Å². The lowest BCUT2D eigenvalue weighted by molar-refractivity contribution is 0.455. The van der Waals surface area contributed by atoms with Gasteiger partial charge in [0.05, 0.1) is 17.1 Å². The summed E-state index contributed by atoms with van der Waals surface area (Å²) in [7, 11) is -2.50. The number of halogens is 1. The molecule has 1 aliphatic heterocycles. The standard InChI is InChI=1S/C22H29ClN2O3Si/c1-5-7-11-29(12-8-6-2)25-19-14-17(23)9-10-18(19)24-16(4)21-20(28-29)13-15(3)27-22(21)26/h9-10,13-14,25H,5-8,11-12H2,1-4H3. The summed E-state index contributed by atoms with van der Waals surface area (Å²) in [5.41, 5.74) is 2.20. The van der Waals surface area contributed by atoms with E-state index in [-0.39, 0.29) is 0 Å².